The lowest BCUT2D eigenvalue weighted by Gasteiger charge is -2.00. The monoisotopic (exact) mass is 226 g/mol. The number of anilines is 1. The number of aliphatic carboxylic acids is 2. The normalized spacial score (nSPS) is 9.31. The molecule has 1 aromatic carbocycles. The van der Waals surface area contributed by atoms with Crippen LogP contribution in [-0.2, 0) is 9.59 Å². The molecule has 0 fully saturated rings. The number of carboxylic acid groups (broad SMARTS) is 2. The van der Waals surface area contributed by atoms with Gasteiger partial charge in [0.2, 0.25) is 0 Å². The van der Waals surface area contributed by atoms with Gasteiger partial charge in [0.1, 0.15) is 5.82 Å². The molecule has 6 nitrogen and oxygen atoms in total. The zero-order valence-electron chi connectivity index (χ0n) is 7.85. The van der Waals surface area contributed by atoms with Gasteiger partial charge in [0, 0.05) is 0 Å². The number of carbonyl (C=O) groups is 2. The van der Waals surface area contributed by atoms with Crippen LogP contribution in [0, 0.1) is 5.82 Å². The lowest BCUT2D eigenvalue weighted by atomic mass is 10.3. The molecule has 0 atom stereocenters. The minimum atomic E-state index is -1.68. The Morgan fingerprint density at radius 3 is 2.38 bits per heavy atom. The molecule has 0 aliphatic heterocycles. The molecule has 1 rings (SSSR count). The SMILES string of the molecule is O=C(O)C(=NNc1cccc(F)c1)C(=O)O. The number of hydrazone groups is 1. The Hall–Kier alpha value is -2.44. The Kier molecular flexibility index (Phi) is 3.54. The second kappa shape index (κ2) is 4.87. The number of halogens is 1. The summed E-state index contributed by atoms with van der Waals surface area (Å²) in [5.41, 5.74) is 1.21. The topological polar surface area (TPSA) is 99.0 Å². The predicted octanol–water partition coefficient (Wildman–Crippen LogP) is 0.763. The van der Waals surface area contributed by atoms with E-state index in [2.05, 4.69) is 10.5 Å². The zero-order chi connectivity index (χ0) is 12.1. The molecule has 0 aliphatic rings. The average molecular weight is 226 g/mol. The lowest BCUT2D eigenvalue weighted by Crippen LogP contribution is -2.24. The van der Waals surface area contributed by atoms with Gasteiger partial charge in [0.05, 0.1) is 5.69 Å². The van der Waals surface area contributed by atoms with Crippen LogP contribution >= 0.6 is 0 Å². The first-order valence-electron chi connectivity index (χ1n) is 4.06. The van der Waals surface area contributed by atoms with Crippen molar-refractivity contribution < 1.29 is 24.2 Å². The van der Waals surface area contributed by atoms with Crippen LogP contribution in [0.5, 0.6) is 0 Å². The van der Waals surface area contributed by atoms with Gasteiger partial charge in [0.15, 0.2) is 0 Å². The van der Waals surface area contributed by atoms with Crippen LogP contribution in [-0.4, -0.2) is 27.9 Å². The number of rotatable bonds is 4. The molecule has 16 heavy (non-hydrogen) atoms. The summed E-state index contributed by atoms with van der Waals surface area (Å²) < 4.78 is 12.7. The van der Waals surface area contributed by atoms with Crippen LogP contribution < -0.4 is 5.43 Å². The fraction of sp³-hybridized carbons (Fsp3) is 0. The first-order valence-corrected chi connectivity index (χ1v) is 4.06. The fourth-order valence-corrected chi connectivity index (χ4v) is 0.866. The summed E-state index contributed by atoms with van der Waals surface area (Å²) >= 11 is 0. The van der Waals surface area contributed by atoms with Crippen LogP contribution in [0.4, 0.5) is 10.1 Å². The van der Waals surface area contributed by atoms with Crippen molar-refractivity contribution in [2.45, 2.75) is 0 Å². The molecule has 0 saturated carbocycles. The molecule has 84 valence electrons. The smallest absolute Gasteiger partial charge is 0.364 e. The van der Waals surface area contributed by atoms with Crippen LogP contribution in [0.3, 0.4) is 0 Å². The number of nitrogens with one attached hydrogen (secondary N) is 1. The van der Waals surface area contributed by atoms with Crippen molar-refractivity contribution in [1.82, 2.24) is 0 Å². The van der Waals surface area contributed by atoms with E-state index in [9.17, 15) is 14.0 Å². The van der Waals surface area contributed by atoms with Crippen LogP contribution in [0.25, 0.3) is 0 Å². The van der Waals surface area contributed by atoms with Crippen LogP contribution in [0.2, 0.25) is 0 Å². The van der Waals surface area contributed by atoms with Crippen molar-refractivity contribution in [3.05, 3.63) is 30.1 Å². The zero-order valence-corrected chi connectivity index (χ0v) is 7.85. The highest BCUT2D eigenvalue weighted by Gasteiger charge is 2.18. The summed E-state index contributed by atoms with van der Waals surface area (Å²) in [4.78, 5) is 20.8. The van der Waals surface area contributed by atoms with E-state index in [1.807, 2.05) is 0 Å². The summed E-state index contributed by atoms with van der Waals surface area (Å²) in [6, 6.07) is 5.01. The van der Waals surface area contributed by atoms with Gasteiger partial charge in [-0.2, -0.15) is 5.10 Å². The van der Waals surface area contributed by atoms with Gasteiger partial charge in [-0.3, -0.25) is 5.43 Å². The van der Waals surface area contributed by atoms with Crippen LogP contribution in [0.1, 0.15) is 0 Å². The van der Waals surface area contributed by atoms with Gasteiger partial charge in [-0.05, 0) is 18.2 Å². The highest BCUT2D eigenvalue weighted by molar-refractivity contribution is 6.61. The Morgan fingerprint density at radius 1 is 1.25 bits per heavy atom. The van der Waals surface area contributed by atoms with Crippen molar-refractivity contribution in [2.24, 2.45) is 5.10 Å². The average Bonchev–Trinajstić information content (AvgIpc) is 2.16. The minimum Gasteiger partial charge on any atom is -0.476 e. The van der Waals surface area contributed by atoms with Gasteiger partial charge < -0.3 is 10.2 Å². The molecule has 3 N–H and O–H groups in total. The summed E-state index contributed by atoms with van der Waals surface area (Å²) in [5, 5.41) is 20.0. The first-order chi connectivity index (χ1) is 7.50. The molecule has 0 saturated heterocycles. The van der Waals surface area contributed by atoms with E-state index in [1.165, 1.54) is 18.2 Å². The maximum absolute atomic E-state index is 12.7. The van der Waals surface area contributed by atoms with E-state index in [4.69, 9.17) is 10.2 Å². The molecular formula is C9H7FN2O4. The van der Waals surface area contributed by atoms with E-state index in [1.54, 1.807) is 0 Å². The third-order valence-electron chi connectivity index (χ3n) is 1.53. The van der Waals surface area contributed by atoms with Gasteiger partial charge in [-0.1, -0.05) is 6.07 Å². The fourth-order valence-electron chi connectivity index (χ4n) is 0.866. The molecule has 0 spiro atoms. The highest BCUT2D eigenvalue weighted by atomic mass is 19.1. The Bertz CT molecular complexity index is 443. The second-order valence-electron chi connectivity index (χ2n) is 2.69. The summed E-state index contributed by atoms with van der Waals surface area (Å²) in [6.07, 6.45) is 0. The predicted molar refractivity (Wildman–Crippen MR) is 52.7 cm³/mol. The molecule has 0 amide bonds. The first kappa shape index (κ1) is 11.6. The van der Waals surface area contributed by atoms with E-state index in [-0.39, 0.29) is 5.69 Å². The van der Waals surface area contributed by atoms with E-state index < -0.39 is 23.5 Å². The molecule has 0 aliphatic carbocycles. The van der Waals surface area contributed by atoms with Crippen molar-refractivity contribution in [3.63, 3.8) is 0 Å². The number of hydrogen-bond donors (Lipinski definition) is 3. The van der Waals surface area contributed by atoms with Crippen molar-refractivity contribution >= 4 is 23.3 Å². The van der Waals surface area contributed by atoms with Crippen LogP contribution in [0.15, 0.2) is 29.4 Å². The van der Waals surface area contributed by atoms with E-state index in [0.717, 1.165) is 6.07 Å². The summed E-state index contributed by atoms with van der Waals surface area (Å²) in [7, 11) is 0. The van der Waals surface area contributed by atoms with Crippen molar-refractivity contribution in [3.8, 4) is 0 Å². The molecule has 7 heteroatoms. The van der Waals surface area contributed by atoms with E-state index in [0.29, 0.717) is 0 Å². The second-order valence-corrected chi connectivity index (χ2v) is 2.69. The Labute approximate surface area is 89.0 Å². The minimum absolute atomic E-state index is 0.153. The van der Waals surface area contributed by atoms with Crippen molar-refractivity contribution in [1.29, 1.82) is 0 Å². The standard InChI is InChI=1S/C9H7FN2O4/c10-5-2-1-3-6(4-5)11-12-7(8(13)14)9(15)16/h1-4,11H,(H,13,14)(H,15,16). The summed E-state index contributed by atoms with van der Waals surface area (Å²) in [5.74, 6) is -3.92. The highest BCUT2D eigenvalue weighted by Crippen LogP contribution is 2.08. The maximum Gasteiger partial charge on any atom is 0.364 e. The largest absolute Gasteiger partial charge is 0.476 e. The molecule has 0 unspecified atom stereocenters. The number of benzene rings is 1. The van der Waals surface area contributed by atoms with E-state index >= 15 is 0 Å². The number of hydrogen-bond acceptors (Lipinski definition) is 4. The lowest BCUT2D eigenvalue weighted by molar-refractivity contribution is -0.134. The third-order valence-corrected chi connectivity index (χ3v) is 1.53. The quantitative estimate of drug-likeness (QED) is 0.400. The molecule has 0 bridgehead atoms. The van der Waals surface area contributed by atoms with Gasteiger partial charge >= 0.3 is 11.9 Å². The number of nitrogens with zero attached hydrogens (tertiary/aromatic N) is 1. The van der Waals surface area contributed by atoms with Gasteiger partial charge in [-0.25, -0.2) is 14.0 Å². The molecule has 0 radical (unpaired) electrons. The molecule has 0 aromatic heterocycles. The Balaban J connectivity index is 2.85. The van der Waals surface area contributed by atoms with Gasteiger partial charge in [0.25, 0.3) is 5.71 Å². The maximum atomic E-state index is 12.7. The molecular weight excluding hydrogens is 219 g/mol. The molecule has 0 heterocycles. The van der Waals surface area contributed by atoms with Crippen molar-refractivity contribution in [2.75, 3.05) is 5.43 Å². The number of carboxylic acids is 2. The molecule has 1 aromatic rings. The Morgan fingerprint density at radius 2 is 1.88 bits per heavy atom. The third kappa shape index (κ3) is 3.05. The van der Waals surface area contributed by atoms with Gasteiger partial charge in [-0.15, -0.1) is 0 Å². The summed E-state index contributed by atoms with van der Waals surface area (Å²) in [6.45, 7) is 0.